The molecule has 0 rings (SSSR count). The van der Waals surface area contributed by atoms with Crippen molar-refractivity contribution in [2.24, 2.45) is 0 Å². The maximum Gasteiger partial charge on any atom is 0.306 e. The minimum absolute atomic E-state index is 0.0629. The third kappa shape index (κ3) is 68.8. The van der Waals surface area contributed by atoms with Crippen LogP contribution in [0.25, 0.3) is 0 Å². The van der Waals surface area contributed by atoms with E-state index in [-0.39, 0.29) is 31.1 Å². The number of esters is 3. The lowest BCUT2D eigenvalue weighted by molar-refractivity contribution is -0.167. The molecule has 0 aromatic carbocycles. The Bertz CT molecular complexity index is 1260. The first-order valence-corrected chi connectivity index (χ1v) is 37.2. The molecule has 1 atom stereocenters. The molecule has 0 N–H and O–H groups in total. The van der Waals surface area contributed by atoms with Crippen molar-refractivity contribution in [1.29, 1.82) is 0 Å². The lowest BCUT2D eigenvalue weighted by Gasteiger charge is -2.18. The number of carbonyl (C=O) groups excluding carboxylic acids is 3. The van der Waals surface area contributed by atoms with Crippen molar-refractivity contribution in [3.63, 3.8) is 0 Å². The predicted octanol–water partition coefficient (Wildman–Crippen LogP) is 25.6. The summed E-state index contributed by atoms with van der Waals surface area (Å²) in [5.74, 6) is -0.825. The zero-order chi connectivity index (χ0) is 58.5. The van der Waals surface area contributed by atoms with Gasteiger partial charge in [-0.15, -0.1) is 0 Å². The Morgan fingerprint density at radius 3 is 0.617 bits per heavy atom. The van der Waals surface area contributed by atoms with Crippen LogP contribution in [0.4, 0.5) is 0 Å². The molecule has 0 aromatic rings. The Balaban J connectivity index is 4.20. The Morgan fingerprint density at radius 1 is 0.235 bits per heavy atom. The molecule has 6 nitrogen and oxygen atoms in total. The van der Waals surface area contributed by atoms with Gasteiger partial charge in [0.15, 0.2) is 6.10 Å². The molecule has 0 fully saturated rings. The van der Waals surface area contributed by atoms with Crippen LogP contribution in [0.15, 0.2) is 12.2 Å². The van der Waals surface area contributed by atoms with E-state index in [2.05, 4.69) is 32.9 Å². The van der Waals surface area contributed by atoms with Gasteiger partial charge >= 0.3 is 17.9 Å². The number of rotatable bonds is 70. The summed E-state index contributed by atoms with van der Waals surface area (Å²) in [5.41, 5.74) is 0. The molecule has 0 heterocycles. The van der Waals surface area contributed by atoms with Crippen LogP contribution < -0.4 is 0 Å². The van der Waals surface area contributed by atoms with Crippen LogP contribution in [0.3, 0.4) is 0 Å². The number of allylic oxidation sites excluding steroid dienone is 2. The maximum absolute atomic E-state index is 13.0. The predicted molar refractivity (Wildman–Crippen MR) is 353 cm³/mol. The number of unbranched alkanes of at least 4 members (excludes halogenated alkanes) is 57. The summed E-state index contributed by atoms with van der Waals surface area (Å²) in [6, 6.07) is 0. The summed E-state index contributed by atoms with van der Waals surface area (Å²) in [6.07, 6.45) is 85.4. The standard InChI is InChI=1S/C75H144O6/c1-4-7-10-13-16-19-22-25-28-30-32-34-36-37-38-40-41-43-45-47-50-53-56-59-62-65-68-74(77)80-71-72(70-79-73(76)67-64-61-58-55-52-49-27-24-21-18-15-12-9-6-3)81-75(78)69-66-63-60-57-54-51-48-46-44-42-39-35-33-31-29-26-23-20-17-14-11-8-5-2/h31,33,72H,4-30,32,34-71H2,1-3H3/b33-31-. The highest BCUT2D eigenvalue weighted by molar-refractivity contribution is 5.71. The van der Waals surface area contributed by atoms with Gasteiger partial charge in [0.25, 0.3) is 0 Å². The maximum atomic E-state index is 13.0. The molecule has 6 heteroatoms. The minimum atomic E-state index is -0.767. The zero-order valence-corrected chi connectivity index (χ0v) is 55.4. The Kier molecular flexibility index (Phi) is 69.0. The molecule has 0 aliphatic heterocycles. The van der Waals surface area contributed by atoms with Gasteiger partial charge in [-0.1, -0.05) is 380 Å². The van der Waals surface area contributed by atoms with Crippen molar-refractivity contribution < 1.29 is 28.6 Å². The van der Waals surface area contributed by atoms with Crippen molar-refractivity contribution in [2.75, 3.05) is 13.2 Å². The quantitative estimate of drug-likeness (QED) is 0.0261. The van der Waals surface area contributed by atoms with Crippen molar-refractivity contribution in [3.05, 3.63) is 12.2 Å². The fraction of sp³-hybridized carbons (Fsp3) is 0.933. The van der Waals surface area contributed by atoms with E-state index in [1.807, 2.05) is 0 Å². The first-order valence-electron chi connectivity index (χ1n) is 37.2. The van der Waals surface area contributed by atoms with E-state index in [0.717, 1.165) is 57.8 Å². The van der Waals surface area contributed by atoms with Crippen LogP contribution in [0.1, 0.15) is 432 Å². The highest BCUT2D eigenvalue weighted by Crippen LogP contribution is 2.19. The molecule has 0 amide bonds. The summed E-state index contributed by atoms with van der Waals surface area (Å²) >= 11 is 0. The summed E-state index contributed by atoms with van der Waals surface area (Å²) in [4.78, 5) is 38.5. The Labute approximate surface area is 507 Å². The van der Waals surface area contributed by atoms with Crippen LogP contribution in [0, 0.1) is 0 Å². The molecule has 480 valence electrons. The number of hydrogen-bond donors (Lipinski definition) is 0. The first-order chi connectivity index (χ1) is 40.0. The molecule has 0 aliphatic carbocycles. The van der Waals surface area contributed by atoms with Gasteiger partial charge in [-0.3, -0.25) is 14.4 Å². The normalized spacial score (nSPS) is 12.0. The number of ether oxygens (including phenoxy) is 3. The average molecular weight is 1140 g/mol. The van der Waals surface area contributed by atoms with Gasteiger partial charge in [0, 0.05) is 19.3 Å². The van der Waals surface area contributed by atoms with E-state index in [4.69, 9.17) is 14.2 Å². The SMILES string of the molecule is CCCCCCCCCC/C=C\CCCCCCCCCCCCCC(=O)OC(COC(=O)CCCCCCCCCCCCCCCC)COC(=O)CCCCCCCCCCCCCCCCCCCCCCCCCCCC. The highest BCUT2D eigenvalue weighted by Gasteiger charge is 2.20. The van der Waals surface area contributed by atoms with Crippen molar-refractivity contribution in [2.45, 2.75) is 438 Å². The molecule has 0 radical (unpaired) electrons. The summed E-state index contributed by atoms with van der Waals surface area (Å²) < 4.78 is 17.0. The minimum Gasteiger partial charge on any atom is -0.462 e. The van der Waals surface area contributed by atoms with Crippen molar-refractivity contribution in [3.8, 4) is 0 Å². The molecule has 81 heavy (non-hydrogen) atoms. The third-order valence-electron chi connectivity index (χ3n) is 17.3. The number of carbonyl (C=O) groups is 3. The zero-order valence-electron chi connectivity index (χ0n) is 55.4. The summed E-state index contributed by atoms with van der Waals surface area (Å²) in [7, 11) is 0. The molecule has 0 saturated heterocycles. The lowest BCUT2D eigenvalue weighted by atomic mass is 10.0. The van der Waals surface area contributed by atoms with Gasteiger partial charge in [0.2, 0.25) is 0 Å². The van der Waals surface area contributed by atoms with E-state index in [1.54, 1.807) is 0 Å². The molecular formula is C75H144O6. The third-order valence-corrected chi connectivity index (χ3v) is 17.3. The van der Waals surface area contributed by atoms with E-state index in [0.29, 0.717) is 19.3 Å². The first kappa shape index (κ1) is 79.2. The molecule has 1 unspecified atom stereocenters. The van der Waals surface area contributed by atoms with E-state index in [1.165, 1.54) is 334 Å². The van der Waals surface area contributed by atoms with E-state index >= 15 is 0 Å². The van der Waals surface area contributed by atoms with Crippen molar-refractivity contribution >= 4 is 17.9 Å². The fourth-order valence-electron chi connectivity index (χ4n) is 11.7. The van der Waals surface area contributed by atoms with Crippen LogP contribution in [-0.4, -0.2) is 37.2 Å². The van der Waals surface area contributed by atoms with Crippen LogP contribution >= 0.6 is 0 Å². The van der Waals surface area contributed by atoms with Gasteiger partial charge in [-0.2, -0.15) is 0 Å². The Morgan fingerprint density at radius 2 is 0.407 bits per heavy atom. The van der Waals surface area contributed by atoms with Gasteiger partial charge in [0.05, 0.1) is 0 Å². The topological polar surface area (TPSA) is 78.9 Å². The van der Waals surface area contributed by atoms with E-state index < -0.39 is 6.10 Å². The second kappa shape index (κ2) is 70.6. The van der Waals surface area contributed by atoms with Gasteiger partial charge in [0.1, 0.15) is 13.2 Å². The van der Waals surface area contributed by atoms with Crippen LogP contribution in [0.5, 0.6) is 0 Å². The van der Waals surface area contributed by atoms with Gasteiger partial charge < -0.3 is 14.2 Å². The monoisotopic (exact) mass is 1140 g/mol. The average Bonchev–Trinajstić information content (AvgIpc) is 3.47. The van der Waals surface area contributed by atoms with Crippen LogP contribution in [-0.2, 0) is 28.6 Å². The fourth-order valence-corrected chi connectivity index (χ4v) is 11.7. The van der Waals surface area contributed by atoms with Gasteiger partial charge in [-0.25, -0.2) is 0 Å². The smallest absolute Gasteiger partial charge is 0.306 e. The Hall–Kier alpha value is -1.85. The van der Waals surface area contributed by atoms with E-state index in [9.17, 15) is 14.4 Å². The largest absolute Gasteiger partial charge is 0.462 e. The molecule has 0 saturated carbocycles. The second-order valence-electron chi connectivity index (χ2n) is 25.6. The van der Waals surface area contributed by atoms with Crippen molar-refractivity contribution in [1.82, 2.24) is 0 Å². The molecule has 0 aromatic heterocycles. The highest BCUT2D eigenvalue weighted by atomic mass is 16.6. The summed E-state index contributed by atoms with van der Waals surface area (Å²) in [6.45, 7) is 6.74. The second-order valence-corrected chi connectivity index (χ2v) is 25.6. The summed E-state index contributed by atoms with van der Waals surface area (Å²) in [5, 5.41) is 0. The van der Waals surface area contributed by atoms with Crippen LogP contribution in [0.2, 0.25) is 0 Å². The molecule has 0 aliphatic rings. The molecular weight excluding hydrogens is 997 g/mol. The number of hydrogen-bond acceptors (Lipinski definition) is 6. The van der Waals surface area contributed by atoms with Gasteiger partial charge in [-0.05, 0) is 44.9 Å². The molecule has 0 bridgehead atoms. The lowest BCUT2D eigenvalue weighted by Crippen LogP contribution is -2.30. The molecule has 0 spiro atoms.